The van der Waals surface area contributed by atoms with Gasteiger partial charge in [-0.3, -0.25) is 4.21 Å². The third-order valence-electron chi connectivity index (χ3n) is 2.49. The topological polar surface area (TPSA) is 38.3 Å². The summed E-state index contributed by atoms with van der Waals surface area (Å²) in [4.78, 5) is 0. The van der Waals surface area contributed by atoms with Gasteiger partial charge in [-0.25, -0.2) is 0 Å². The van der Waals surface area contributed by atoms with Crippen molar-refractivity contribution in [1.82, 2.24) is 5.32 Å². The summed E-state index contributed by atoms with van der Waals surface area (Å²) in [5.41, 5.74) is -0.0870. The van der Waals surface area contributed by atoms with E-state index in [1.165, 1.54) is 0 Å². The molecule has 3 nitrogen and oxygen atoms in total. The first-order valence-electron chi connectivity index (χ1n) is 5.54. The van der Waals surface area contributed by atoms with Gasteiger partial charge in [0.2, 0.25) is 0 Å². The number of ether oxygens (including phenoxy) is 1. The minimum absolute atomic E-state index is 0.0870. The Morgan fingerprint density at radius 1 is 1.47 bits per heavy atom. The highest BCUT2D eigenvalue weighted by atomic mass is 32.2. The molecule has 0 aliphatic heterocycles. The third-order valence-corrected chi connectivity index (χ3v) is 3.80. The molecule has 0 aromatic heterocycles. The molecule has 0 saturated heterocycles. The second-order valence-electron chi connectivity index (χ2n) is 4.46. The van der Waals surface area contributed by atoms with Crippen LogP contribution in [0.5, 0.6) is 0 Å². The zero-order valence-electron chi connectivity index (χ0n) is 10.6. The Hall–Kier alpha value is 0.0700. The molecule has 15 heavy (non-hydrogen) atoms. The molecule has 0 aliphatic carbocycles. The Kier molecular flexibility index (Phi) is 7.40. The average molecular weight is 235 g/mol. The van der Waals surface area contributed by atoms with Gasteiger partial charge in [0.15, 0.2) is 0 Å². The van der Waals surface area contributed by atoms with E-state index in [4.69, 9.17) is 4.74 Å². The Bertz CT molecular complexity index is 195. The van der Waals surface area contributed by atoms with Gasteiger partial charge >= 0.3 is 0 Å². The van der Waals surface area contributed by atoms with Crippen LogP contribution in [-0.2, 0) is 15.5 Å². The molecule has 0 fully saturated rings. The first-order chi connectivity index (χ1) is 6.91. The minimum Gasteiger partial charge on any atom is -0.379 e. The fourth-order valence-electron chi connectivity index (χ4n) is 1.46. The molecule has 0 saturated carbocycles. The molecule has 1 N–H and O–H groups in total. The van der Waals surface area contributed by atoms with Crippen molar-refractivity contribution in [3.05, 3.63) is 0 Å². The summed E-state index contributed by atoms with van der Waals surface area (Å²) in [5, 5.41) is 3.37. The lowest BCUT2D eigenvalue weighted by molar-refractivity contribution is 0.00876. The molecule has 0 rings (SSSR count). The van der Waals surface area contributed by atoms with E-state index in [0.717, 1.165) is 24.5 Å². The maximum atomic E-state index is 11.2. The van der Waals surface area contributed by atoms with Crippen LogP contribution in [0.4, 0.5) is 0 Å². The van der Waals surface area contributed by atoms with Crippen LogP contribution in [0.15, 0.2) is 0 Å². The van der Waals surface area contributed by atoms with E-state index in [9.17, 15) is 4.21 Å². The summed E-state index contributed by atoms with van der Waals surface area (Å²) in [6.45, 7) is 9.06. The Balaban J connectivity index is 3.66. The number of nitrogens with one attached hydrogen (secondary N) is 1. The summed E-state index contributed by atoms with van der Waals surface area (Å²) in [6, 6.07) is 0.397. The van der Waals surface area contributed by atoms with E-state index >= 15 is 0 Å². The van der Waals surface area contributed by atoms with Crippen molar-refractivity contribution in [2.75, 3.05) is 25.2 Å². The predicted molar refractivity (Wildman–Crippen MR) is 66.7 cm³/mol. The quantitative estimate of drug-likeness (QED) is 0.694. The molecule has 0 heterocycles. The molecular formula is C11H25NO2S. The highest BCUT2D eigenvalue weighted by molar-refractivity contribution is 7.84. The zero-order valence-corrected chi connectivity index (χ0v) is 11.4. The van der Waals surface area contributed by atoms with Crippen molar-refractivity contribution in [2.24, 2.45) is 0 Å². The number of rotatable bonds is 8. The lowest BCUT2D eigenvalue weighted by Gasteiger charge is -2.27. The molecule has 0 aromatic rings. The highest BCUT2D eigenvalue weighted by Crippen LogP contribution is 2.14. The largest absolute Gasteiger partial charge is 0.379 e. The molecule has 0 amide bonds. The summed E-state index contributed by atoms with van der Waals surface area (Å²) in [6.07, 6.45) is 0.961. The number of hydrogen-bond acceptors (Lipinski definition) is 3. The Labute approximate surface area is 96.4 Å². The number of hydrogen-bond donors (Lipinski definition) is 1. The van der Waals surface area contributed by atoms with Crippen molar-refractivity contribution in [2.45, 2.75) is 45.8 Å². The van der Waals surface area contributed by atoms with Gasteiger partial charge in [0.05, 0.1) is 5.60 Å². The SMILES string of the molecule is CCS(=O)CCNC(C)CC(C)(C)OC. The summed E-state index contributed by atoms with van der Waals surface area (Å²) >= 11 is 0. The van der Waals surface area contributed by atoms with E-state index in [-0.39, 0.29) is 5.60 Å². The van der Waals surface area contributed by atoms with Gasteiger partial charge in [-0.2, -0.15) is 0 Å². The van der Waals surface area contributed by atoms with Gasteiger partial charge in [0.25, 0.3) is 0 Å². The molecule has 2 unspecified atom stereocenters. The van der Waals surface area contributed by atoms with Crippen molar-refractivity contribution in [3.63, 3.8) is 0 Å². The maximum absolute atomic E-state index is 11.2. The van der Waals surface area contributed by atoms with E-state index in [0.29, 0.717) is 6.04 Å². The van der Waals surface area contributed by atoms with Crippen LogP contribution in [-0.4, -0.2) is 41.0 Å². The van der Waals surface area contributed by atoms with Crippen LogP contribution in [0.2, 0.25) is 0 Å². The van der Waals surface area contributed by atoms with Gasteiger partial charge in [-0.05, 0) is 27.2 Å². The summed E-state index contributed by atoms with van der Waals surface area (Å²) in [7, 11) is 1.07. The van der Waals surface area contributed by atoms with Crippen LogP contribution in [0.25, 0.3) is 0 Å². The lowest BCUT2D eigenvalue weighted by atomic mass is 10.00. The van der Waals surface area contributed by atoms with Crippen molar-refractivity contribution in [3.8, 4) is 0 Å². The zero-order chi connectivity index (χ0) is 11.9. The number of methoxy groups -OCH3 is 1. The third kappa shape index (κ3) is 7.94. The predicted octanol–water partition coefficient (Wildman–Crippen LogP) is 1.55. The Morgan fingerprint density at radius 3 is 2.53 bits per heavy atom. The lowest BCUT2D eigenvalue weighted by Crippen LogP contribution is -2.37. The van der Waals surface area contributed by atoms with E-state index in [1.54, 1.807) is 7.11 Å². The smallest absolute Gasteiger partial charge is 0.0637 e. The van der Waals surface area contributed by atoms with Crippen LogP contribution >= 0.6 is 0 Å². The first-order valence-corrected chi connectivity index (χ1v) is 7.03. The van der Waals surface area contributed by atoms with Crippen LogP contribution in [0, 0.1) is 0 Å². The van der Waals surface area contributed by atoms with Gasteiger partial charge in [-0.15, -0.1) is 0 Å². The standard InChI is InChI=1S/C11H25NO2S/c1-6-15(13)8-7-12-10(2)9-11(3,4)14-5/h10,12H,6-9H2,1-5H3. The van der Waals surface area contributed by atoms with Crippen LogP contribution in [0.3, 0.4) is 0 Å². The van der Waals surface area contributed by atoms with Crippen molar-refractivity contribution < 1.29 is 8.95 Å². The maximum Gasteiger partial charge on any atom is 0.0637 e. The van der Waals surface area contributed by atoms with E-state index in [1.807, 2.05) is 6.92 Å². The molecule has 92 valence electrons. The summed E-state index contributed by atoms with van der Waals surface area (Å²) < 4.78 is 16.5. The van der Waals surface area contributed by atoms with Gasteiger partial charge in [0.1, 0.15) is 0 Å². The van der Waals surface area contributed by atoms with E-state index in [2.05, 4.69) is 26.1 Å². The monoisotopic (exact) mass is 235 g/mol. The Morgan fingerprint density at radius 2 is 2.07 bits per heavy atom. The normalized spacial score (nSPS) is 16.3. The van der Waals surface area contributed by atoms with Crippen molar-refractivity contribution >= 4 is 10.8 Å². The van der Waals surface area contributed by atoms with Gasteiger partial charge in [-0.1, -0.05) is 6.92 Å². The fourth-order valence-corrected chi connectivity index (χ4v) is 2.09. The van der Waals surface area contributed by atoms with E-state index < -0.39 is 10.8 Å². The molecule has 0 radical (unpaired) electrons. The van der Waals surface area contributed by atoms with Crippen LogP contribution < -0.4 is 5.32 Å². The molecule has 4 heteroatoms. The van der Waals surface area contributed by atoms with Gasteiger partial charge in [0, 0.05) is 42.0 Å². The van der Waals surface area contributed by atoms with Crippen LogP contribution in [0.1, 0.15) is 34.1 Å². The first kappa shape index (κ1) is 15.1. The van der Waals surface area contributed by atoms with Crippen molar-refractivity contribution in [1.29, 1.82) is 0 Å². The minimum atomic E-state index is -0.662. The molecule has 0 bridgehead atoms. The second-order valence-corrected chi connectivity index (χ2v) is 6.32. The molecule has 0 aliphatic rings. The van der Waals surface area contributed by atoms with Gasteiger partial charge < -0.3 is 10.1 Å². The molecular weight excluding hydrogens is 210 g/mol. The summed E-state index contributed by atoms with van der Waals surface area (Å²) in [5.74, 6) is 1.49. The average Bonchev–Trinajstić information content (AvgIpc) is 2.16. The molecule has 0 spiro atoms. The molecule has 0 aromatic carbocycles. The fraction of sp³-hybridized carbons (Fsp3) is 1.00. The second kappa shape index (κ2) is 7.36. The highest BCUT2D eigenvalue weighted by Gasteiger charge is 2.19. The molecule has 2 atom stereocenters.